The zero-order chi connectivity index (χ0) is 41.5. The van der Waals surface area contributed by atoms with Crippen LogP contribution in [0.2, 0.25) is 0 Å². The Balaban J connectivity index is 1.15. The van der Waals surface area contributed by atoms with Crippen LogP contribution in [0.4, 0.5) is 21.9 Å². The summed E-state index contributed by atoms with van der Waals surface area (Å²) in [5.74, 6) is 1.97. The summed E-state index contributed by atoms with van der Waals surface area (Å²) in [6, 6.07) is 23.4. The second kappa shape index (κ2) is 18.3. The van der Waals surface area contributed by atoms with E-state index < -0.39 is 16.1 Å². The first-order valence-corrected chi connectivity index (χ1v) is 21.2. The molecule has 2 amide bonds. The van der Waals surface area contributed by atoms with Crippen LogP contribution in [0, 0.1) is 0 Å². The topological polar surface area (TPSA) is 160 Å². The van der Waals surface area contributed by atoms with E-state index in [0.717, 1.165) is 73.0 Å². The molecule has 0 atom stereocenters. The Morgan fingerprint density at radius 3 is 2.28 bits per heavy atom. The molecule has 0 spiro atoms. The molecule has 1 saturated heterocycles. The van der Waals surface area contributed by atoms with Crippen LogP contribution < -0.4 is 34.9 Å². The molecule has 2 heterocycles. The highest BCUT2D eigenvalue weighted by molar-refractivity contribution is 7.92. The van der Waals surface area contributed by atoms with Crippen molar-refractivity contribution in [2.24, 2.45) is 0 Å². The number of carbonyl (C=O) groups excluding carboxylic acids is 2. The van der Waals surface area contributed by atoms with Crippen molar-refractivity contribution in [1.29, 1.82) is 0 Å². The summed E-state index contributed by atoms with van der Waals surface area (Å²) >= 11 is 0. The van der Waals surface area contributed by atoms with Crippen molar-refractivity contribution in [3.8, 4) is 23.0 Å². The lowest BCUT2D eigenvalue weighted by Gasteiger charge is -2.26. The molecule has 1 aliphatic rings. The number of rotatable bonds is 15. The van der Waals surface area contributed by atoms with Gasteiger partial charge in [-0.3, -0.25) is 14.5 Å². The number of urea groups is 1. The highest BCUT2D eigenvalue weighted by Gasteiger charge is 2.23. The SMILES string of the molecule is COc1cc(Cc2cc(Oc3ccc(NC(=O)Nc4cc(C(C)(C)C)cc(NS(C)(=O)=O)c4OC)c4ccccc34)ccn2)ccc1C(=O)CCCN1CCNCC1. The average molecular weight is 809 g/mol. The Morgan fingerprint density at radius 2 is 1.57 bits per heavy atom. The molecule has 0 bridgehead atoms. The summed E-state index contributed by atoms with van der Waals surface area (Å²) in [5, 5.41) is 10.7. The summed E-state index contributed by atoms with van der Waals surface area (Å²) in [5.41, 5.74) is 3.79. The Kier molecular flexibility index (Phi) is 13.2. The van der Waals surface area contributed by atoms with E-state index >= 15 is 0 Å². The number of pyridine rings is 1. The second-order valence-electron chi connectivity index (χ2n) is 15.4. The summed E-state index contributed by atoms with van der Waals surface area (Å²) in [6.45, 7) is 10.9. The molecule has 0 saturated carbocycles. The smallest absolute Gasteiger partial charge is 0.323 e. The van der Waals surface area contributed by atoms with Gasteiger partial charge in [0.2, 0.25) is 10.0 Å². The molecule has 4 aromatic carbocycles. The largest absolute Gasteiger partial charge is 0.496 e. The summed E-state index contributed by atoms with van der Waals surface area (Å²) in [7, 11) is -0.640. The molecule has 4 N–H and O–H groups in total. The third-order valence-corrected chi connectivity index (χ3v) is 10.5. The van der Waals surface area contributed by atoms with Gasteiger partial charge in [0.05, 0.1) is 43.1 Å². The van der Waals surface area contributed by atoms with Gasteiger partial charge >= 0.3 is 6.03 Å². The fourth-order valence-electron chi connectivity index (χ4n) is 6.96. The molecule has 6 rings (SSSR count). The normalized spacial score (nSPS) is 13.5. The van der Waals surface area contributed by atoms with Crippen LogP contribution in [-0.2, 0) is 21.9 Å². The highest BCUT2D eigenvalue weighted by atomic mass is 32.2. The van der Waals surface area contributed by atoms with Crippen molar-refractivity contribution in [2.45, 2.75) is 45.4 Å². The number of piperazine rings is 1. The molecule has 14 heteroatoms. The molecule has 1 fully saturated rings. The monoisotopic (exact) mass is 808 g/mol. The molecule has 306 valence electrons. The Morgan fingerprint density at radius 1 is 0.845 bits per heavy atom. The minimum Gasteiger partial charge on any atom is -0.496 e. The third kappa shape index (κ3) is 10.8. The summed E-state index contributed by atoms with van der Waals surface area (Å²) < 4.78 is 44.5. The van der Waals surface area contributed by atoms with E-state index in [1.807, 2.05) is 69.3 Å². The number of anilines is 3. The van der Waals surface area contributed by atoms with E-state index in [2.05, 4.69) is 30.6 Å². The molecule has 1 aromatic heterocycles. The maximum absolute atomic E-state index is 13.5. The first-order valence-electron chi connectivity index (χ1n) is 19.3. The Labute approximate surface area is 340 Å². The van der Waals surface area contributed by atoms with Gasteiger partial charge in [-0.25, -0.2) is 13.2 Å². The van der Waals surface area contributed by atoms with Crippen LogP contribution >= 0.6 is 0 Å². The molecule has 1 aliphatic heterocycles. The van der Waals surface area contributed by atoms with Crippen molar-refractivity contribution in [1.82, 2.24) is 15.2 Å². The van der Waals surface area contributed by atoms with Crippen LogP contribution in [0.5, 0.6) is 23.0 Å². The number of amides is 2. The second-order valence-corrected chi connectivity index (χ2v) is 17.1. The van der Waals surface area contributed by atoms with Gasteiger partial charge in [0, 0.05) is 67.8 Å². The zero-order valence-corrected chi connectivity index (χ0v) is 34.7. The van der Waals surface area contributed by atoms with Gasteiger partial charge in [-0.2, -0.15) is 0 Å². The molecule has 0 unspecified atom stereocenters. The van der Waals surface area contributed by atoms with Crippen LogP contribution in [0.15, 0.2) is 85.1 Å². The van der Waals surface area contributed by atoms with Crippen LogP contribution in [0.1, 0.15) is 60.8 Å². The standard InChI is InChI=1S/C44H52N6O7S/c1-44(2,3)30-26-37(42(56-5)38(27-30)49-58(6,53)54)48-43(52)47-36-15-16-40(34-11-8-7-10-33(34)36)57-32-17-18-46-31(28-32)24-29-13-14-35(41(25-29)55-4)39(51)12-9-21-50-22-19-45-20-23-50/h7-8,10-11,13-18,25-28,45,49H,9,12,19-24H2,1-6H3,(H2,47,48,52). The van der Waals surface area contributed by atoms with Crippen LogP contribution in [0.25, 0.3) is 10.8 Å². The number of methoxy groups -OCH3 is 2. The fraction of sp³-hybridized carbons (Fsp3) is 0.341. The van der Waals surface area contributed by atoms with Gasteiger partial charge in [-0.05, 0) is 72.0 Å². The average Bonchev–Trinajstić information content (AvgIpc) is 3.18. The maximum Gasteiger partial charge on any atom is 0.323 e. The lowest BCUT2D eigenvalue weighted by Crippen LogP contribution is -2.43. The number of aromatic nitrogens is 1. The summed E-state index contributed by atoms with van der Waals surface area (Å²) in [4.78, 5) is 33.6. The number of hydrogen-bond acceptors (Lipinski definition) is 10. The van der Waals surface area contributed by atoms with Crippen molar-refractivity contribution in [3.63, 3.8) is 0 Å². The fourth-order valence-corrected chi connectivity index (χ4v) is 7.51. The lowest BCUT2D eigenvalue weighted by atomic mass is 9.86. The van der Waals surface area contributed by atoms with E-state index in [4.69, 9.17) is 14.2 Å². The minimum atomic E-state index is -3.64. The van der Waals surface area contributed by atoms with E-state index in [0.29, 0.717) is 47.0 Å². The predicted octanol–water partition coefficient (Wildman–Crippen LogP) is 7.82. The lowest BCUT2D eigenvalue weighted by molar-refractivity contribution is 0.0970. The number of sulfonamides is 1. The van der Waals surface area contributed by atoms with Gasteiger partial charge in [0.25, 0.3) is 0 Å². The van der Waals surface area contributed by atoms with Gasteiger partial charge in [-0.1, -0.05) is 51.1 Å². The zero-order valence-electron chi connectivity index (χ0n) is 33.9. The van der Waals surface area contributed by atoms with Crippen molar-refractivity contribution in [2.75, 3.05) is 68.6 Å². The van der Waals surface area contributed by atoms with Crippen molar-refractivity contribution in [3.05, 3.63) is 107 Å². The van der Waals surface area contributed by atoms with Crippen LogP contribution in [0.3, 0.4) is 0 Å². The quantitative estimate of drug-likeness (QED) is 0.0769. The first-order chi connectivity index (χ1) is 27.7. The molecule has 0 aliphatic carbocycles. The number of carbonyl (C=O) groups is 2. The Bertz CT molecular complexity index is 2390. The number of ketones is 1. The molecule has 13 nitrogen and oxygen atoms in total. The van der Waals surface area contributed by atoms with E-state index in [9.17, 15) is 18.0 Å². The number of ether oxygens (including phenoxy) is 3. The van der Waals surface area contributed by atoms with Crippen molar-refractivity contribution >= 4 is 49.7 Å². The third-order valence-electron chi connectivity index (χ3n) is 9.89. The predicted molar refractivity (Wildman–Crippen MR) is 230 cm³/mol. The molecular formula is C44H52N6O7S. The number of hydrogen-bond donors (Lipinski definition) is 4. The van der Waals surface area contributed by atoms with Crippen LogP contribution in [-0.4, -0.2) is 83.3 Å². The Hall–Kier alpha value is -5.70. The van der Waals surface area contributed by atoms with E-state index in [-0.39, 0.29) is 22.6 Å². The van der Waals surface area contributed by atoms with E-state index in [1.54, 1.807) is 43.6 Å². The minimum absolute atomic E-state index is 0.0744. The summed E-state index contributed by atoms with van der Waals surface area (Å²) in [6.07, 6.45) is 4.53. The van der Waals surface area contributed by atoms with E-state index in [1.165, 1.54) is 7.11 Å². The molecule has 0 radical (unpaired) electrons. The molecular weight excluding hydrogens is 757 g/mol. The highest BCUT2D eigenvalue weighted by Crippen LogP contribution is 2.40. The molecule has 58 heavy (non-hydrogen) atoms. The van der Waals surface area contributed by atoms with Crippen molar-refractivity contribution < 1.29 is 32.2 Å². The van der Waals surface area contributed by atoms with Gasteiger partial charge in [0.1, 0.15) is 17.2 Å². The van der Waals surface area contributed by atoms with Gasteiger partial charge < -0.3 is 35.1 Å². The number of nitrogens with zero attached hydrogens (tertiary/aromatic N) is 2. The number of benzene rings is 4. The number of Topliss-reactive ketones (excluding diaryl/α,β-unsaturated/α-hetero) is 1. The molecule has 5 aromatic rings. The van der Waals surface area contributed by atoms with Gasteiger partial charge in [-0.15, -0.1) is 0 Å². The van der Waals surface area contributed by atoms with Gasteiger partial charge in [0.15, 0.2) is 11.5 Å². The number of fused-ring (bicyclic) bond motifs is 1. The first kappa shape index (κ1) is 41.9. The number of nitrogens with one attached hydrogen (secondary N) is 4. The maximum atomic E-state index is 13.5.